The maximum atomic E-state index is 12.0. The van der Waals surface area contributed by atoms with Crippen molar-refractivity contribution in [1.29, 1.82) is 0 Å². The van der Waals surface area contributed by atoms with E-state index in [0.717, 1.165) is 6.54 Å². The van der Waals surface area contributed by atoms with E-state index in [1.54, 1.807) is 0 Å². The second-order valence-electron chi connectivity index (χ2n) is 5.04. The monoisotopic (exact) mass is 247 g/mol. The van der Waals surface area contributed by atoms with E-state index in [9.17, 15) is 4.79 Å². The largest absolute Gasteiger partial charge is 0.382 e. The first-order chi connectivity index (χ1) is 8.72. The SMILES string of the molecule is Nc1cnc(C(=O)NC2CN3CCC2CC3)cn1. The molecule has 0 saturated carbocycles. The molecule has 0 radical (unpaired) electrons. The lowest BCUT2D eigenvalue weighted by molar-refractivity contribution is 0.0617. The van der Waals surface area contributed by atoms with Gasteiger partial charge in [0.05, 0.1) is 12.4 Å². The molecular formula is C12H17N5O. The molecule has 1 aromatic heterocycles. The van der Waals surface area contributed by atoms with Gasteiger partial charge in [0.2, 0.25) is 0 Å². The zero-order valence-corrected chi connectivity index (χ0v) is 10.2. The van der Waals surface area contributed by atoms with Gasteiger partial charge in [0.15, 0.2) is 0 Å². The van der Waals surface area contributed by atoms with Crippen LogP contribution in [0.4, 0.5) is 5.82 Å². The van der Waals surface area contributed by atoms with Crippen molar-refractivity contribution in [3.05, 3.63) is 18.1 Å². The zero-order chi connectivity index (χ0) is 12.5. The van der Waals surface area contributed by atoms with Crippen molar-refractivity contribution in [1.82, 2.24) is 20.2 Å². The molecule has 3 aliphatic rings. The molecule has 96 valence electrons. The van der Waals surface area contributed by atoms with Crippen LogP contribution in [0.25, 0.3) is 0 Å². The van der Waals surface area contributed by atoms with Crippen LogP contribution in [0, 0.1) is 5.92 Å². The number of piperidine rings is 3. The lowest BCUT2D eigenvalue weighted by Gasteiger charge is -2.44. The summed E-state index contributed by atoms with van der Waals surface area (Å²) in [5.74, 6) is 0.788. The first-order valence-corrected chi connectivity index (χ1v) is 6.33. The number of nitrogens with zero attached hydrogens (tertiary/aromatic N) is 3. The van der Waals surface area contributed by atoms with Crippen molar-refractivity contribution in [3.8, 4) is 0 Å². The van der Waals surface area contributed by atoms with E-state index < -0.39 is 0 Å². The van der Waals surface area contributed by atoms with E-state index in [1.807, 2.05) is 0 Å². The van der Waals surface area contributed by atoms with Gasteiger partial charge in [0, 0.05) is 12.6 Å². The molecule has 3 N–H and O–H groups in total. The fraction of sp³-hybridized carbons (Fsp3) is 0.583. The molecule has 1 amide bonds. The number of carbonyl (C=O) groups excluding carboxylic acids is 1. The molecule has 6 nitrogen and oxygen atoms in total. The third kappa shape index (κ3) is 2.15. The molecule has 1 unspecified atom stereocenters. The van der Waals surface area contributed by atoms with Gasteiger partial charge in [-0.25, -0.2) is 9.97 Å². The minimum absolute atomic E-state index is 0.152. The number of hydrogen-bond donors (Lipinski definition) is 2. The number of nitrogen functional groups attached to an aromatic ring is 1. The zero-order valence-electron chi connectivity index (χ0n) is 10.2. The molecule has 18 heavy (non-hydrogen) atoms. The van der Waals surface area contributed by atoms with Crippen LogP contribution in [-0.2, 0) is 0 Å². The Morgan fingerprint density at radius 2 is 2.11 bits per heavy atom. The molecule has 0 aromatic carbocycles. The summed E-state index contributed by atoms with van der Waals surface area (Å²) in [4.78, 5) is 22.3. The normalized spacial score (nSPS) is 30.1. The van der Waals surface area contributed by atoms with Crippen molar-refractivity contribution < 1.29 is 4.79 Å². The second kappa shape index (κ2) is 4.53. The molecule has 0 spiro atoms. The first kappa shape index (κ1) is 11.4. The highest BCUT2D eigenvalue weighted by Gasteiger charge is 2.35. The lowest BCUT2D eigenvalue weighted by Crippen LogP contribution is -2.57. The van der Waals surface area contributed by atoms with Crippen LogP contribution < -0.4 is 11.1 Å². The quantitative estimate of drug-likeness (QED) is 0.761. The Labute approximate surface area is 106 Å². The topological polar surface area (TPSA) is 84.1 Å². The Hall–Kier alpha value is -1.69. The van der Waals surface area contributed by atoms with E-state index in [2.05, 4.69) is 20.2 Å². The standard InChI is InChI=1S/C12H17N5O/c13-11-6-14-9(5-15-11)12(18)16-10-7-17-3-1-8(10)2-4-17/h5-6,8,10H,1-4,7H2,(H2,13,15)(H,16,18). The molecular weight excluding hydrogens is 230 g/mol. The number of nitrogens with two attached hydrogens (primary N) is 1. The smallest absolute Gasteiger partial charge is 0.271 e. The van der Waals surface area contributed by atoms with Crippen molar-refractivity contribution >= 4 is 11.7 Å². The summed E-state index contributed by atoms with van der Waals surface area (Å²) in [6, 6.07) is 0.249. The minimum atomic E-state index is -0.152. The van der Waals surface area contributed by atoms with Gasteiger partial charge < -0.3 is 16.0 Å². The van der Waals surface area contributed by atoms with Gasteiger partial charge in [-0.1, -0.05) is 0 Å². The number of hydrogen-bond acceptors (Lipinski definition) is 5. The van der Waals surface area contributed by atoms with Gasteiger partial charge in [-0.3, -0.25) is 4.79 Å². The van der Waals surface area contributed by atoms with Gasteiger partial charge >= 0.3 is 0 Å². The number of amides is 1. The Bertz CT molecular complexity index is 438. The number of rotatable bonds is 2. The van der Waals surface area contributed by atoms with Crippen molar-refractivity contribution in [2.45, 2.75) is 18.9 Å². The predicted octanol–water partition coefficient (Wildman–Crippen LogP) is -0.117. The Kier molecular flexibility index (Phi) is 2.87. The molecule has 1 aromatic rings. The molecule has 4 heterocycles. The summed E-state index contributed by atoms with van der Waals surface area (Å²) in [5, 5.41) is 3.06. The Morgan fingerprint density at radius 1 is 1.33 bits per heavy atom. The van der Waals surface area contributed by atoms with Gasteiger partial charge in [-0.15, -0.1) is 0 Å². The van der Waals surface area contributed by atoms with Gasteiger partial charge in [-0.05, 0) is 31.8 Å². The molecule has 3 aliphatic heterocycles. The van der Waals surface area contributed by atoms with E-state index in [0.29, 0.717) is 17.4 Å². The van der Waals surface area contributed by atoms with Crippen LogP contribution in [0.5, 0.6) is 0 Å². The van der Waals surface area contributed by atoms with Crippen LogP contribution >= 0.6 is 0 Å². The maximum Gasteiger partial charge on any atom is 0.271 e. The molecule has 4 rings (SSSR count). The maximum absolute atomic E-state index is 12.0. The molecule has 0 aliphatic carbocycles. The number of anilines is 1. The highest BCUT2D eigenvalue weighted by atomic mass is 16.2. The van der Waals surface area contributed by atoms with Crippen LogP contribution in [0.15, 0.2) is 12.4 Å². The molecule has 3 fully saturated rings. The van der Waals surface area contributed by atoms with Crippen molar-refractivity contribution in [2.75, 3.05) is 25.4 Å². The van der Waals surface area contributed by atoms with Crippen molar-refractivity contribution in [2.24, 2.45) is 5.92 Å². The van der Waals surface area contributed by atoms with Crippen LogP contribution in [0.2, 0.25) is 0 Å². The summed E-state index contributed by atoms with van der Waals surface area (Å²) in [7, 11) is 0. The number of nitrogens with one attached hydrogen (secondary N) is 1. The fourth-order valence-corrected chi connectivity index (χ4v) is 2.83. The minimum Gasteiger partial charge on any atom is -0.382 e. The third-order valence-corrected chi connectivity index (χ3v) is 3.88. The Morgan fingerprint density at radius 3 is 2.67 bits per heavy atom. The van der Waals surface area contributed by atoms with Gasteiger partial charge in [0.25, 0.3) is 5.91 Å². The summed E-state index contributed by atoms with van der Waals surface area (Å²) in [6.07, 6.45) is 5.19. The summed E-state index contributed by atoms with van der Waals surface area (Å²) in [6.45, 7) is 3.29. The average Bonchev–Trinajstić information content (AvgIpc) is 2.41. The highest BCUT2D eigenvalue weighted by molar-refractivity contribution is 5.92. The van der Waals surface area contributed by atoms with Gasteiger partial charge in [-0.2, -0.15) is 0 Å². The summed E-state index contributed by atoms with van der Waals surface area (Å²) in [5.41, 5.74) is 5.78. The van der Waals surface area contributed by atoms with Crippen molar-refractivity contribution in [3.63, 3.8) is 0 Å². The van der Waals surface area contributed by atoms with E-state index in [-0.39, 0.29) is 11.9 Å². The Balaban J connectivity index is 1.66. The fourth-order valence-electron chi connectivity index (χ4n) is 2.83. The van der Waals surface area contributed by atoms with E-state index >= 15 is 0 Å². The molecule has 3 saturated heterocycles. The predicted molar refractivity (Wildman–Crippen MR) is 66.9 cm³/mol. The second-order valence-corrected chi connectivity index (χ2v) is 5.04. The van der Waals surface area contributed by atoms with Crippen LogP contribution in [-0.4, -0.2) is 46.5 Å². The lowest BCUT2D eigenvalue weighted by atomic mass is 9.84. The number of carbonyl (C=O) groups is 1. The van der Waals surface area contributed by atoms with Crippen LogP contribution in [0.1, 0.15) is 23.3 Å². The average molecular weight is 247 g/mol. The molecule has 6 heteroatoms. The molecule has 2 bridgehead atoms. The first-order valence-electron chi connectivity index (χ1n) is 6.33. The third-order valence-electron chi connectivity index (χ3n) is 3.88. The van der Waals surface area contributed by atoms with Gasteiger partial charge in [0.1, 0.15) is 11.5 Å². The highest BCUT2D eigenvalue weighted by Crippen LogP contribution is 2.27. The summed E-state index contributed by atoms with van der Waals surface area (Å²) < 4.78 is 0. The summed E-state index contributed by atoms with van der Waals surface area (Å²) >= 11 is 0. The number of aromatic nitrogens is 2. The van der Waals surface area contributed by atoms with E-state index in [1.165, 1.54) is 38.3 Å². The molecule has 1 atom stereocenters. The number of fused-ring (bicyclic) bond motifs is 3. The van der Waals surface area contributed by atoms with E-state index in [4.69, 9.17) is 5.73 Å². The van der Waals surface area contributed by atoms with Crippen LogP contribution in [0.3, 0.4) is 0 Å².